The normalized spacial score (nSPS) is 24.4. The highest BCUT2D eigenvalue weighted by molar-refractivity contribution is 7.91. The smallest absolute Gasteiger partial charge is 0.191 e. The molecule has 140 valence electrons. The van der Waals surface area contributed by atoms with E-state index in [1.165, 1.54) is 32.1 Å². The Kier molecular flexibility index (Phi) is 5.98. The van der Waals surface area contributed by atoms with E-state index in [2.05, 4.69) is 15.7 Å². The highest BCUT2D eigenvalue weighted by atomic mass is 32.2. The van der Waals surface area contributed by atoms with Gasteiger partial charge in [-0.1, -0.05) is 19.3 Å². The van der Waals surface area contributed by atoms with Crippen molar-refractivity contribution in [3.8, 4) is 0 Å². The van der Waals surface area contributed by atoms with Crippen LogP contribution in [0.2, 0.25) is 0 Å². The molecule has 0 bridgehead atoms. The average Bonchev–Trinajstić information content (AvgIpc) is 3.16. The van der Waals surface area contributed by atoms with Crippen molar-refractivity contribution in [2.75, 3.05) is 18.1 Å². The molecule has 0 radical (unpaired) electrons. The molecule has 2 heterocycles. The number of hydrogen-bond donors (Lipinski definition) is 2. The summed E-state index contributed by atoms with van der Waals surface area (Å²) in [5.74, 6) is 1.58. The molecule has 25 heavy (non-hydrogen) atoms. The van der Waals surface area contributed by atoms with Crippen molar-refractivity contribution in [3.63, 3.8) is 0 Å². The summed E-state index contributed by atoms with van der Waals surface area (Å²) in [6, 6.07) is 2.42. The Morgan fingerprint density at radius 2 is 2.12 bits per heavy atom. The Balaban J connectivity index is 1.60. The molecule has 2 aliphatic rings. The van der Waals surface area contributed by atoms with Gasteiger partial charge in [0.25, 0.3) is 0 Å². The van der Waals surface area contributed by atoms with Crippen LogP contribution in [0, 0.1) is 5.92 Å². The third kappa shape index (κ3) is 5.45. The zero-order valence-corrected chi connectivity index (χ0v) is 15.8. The summed E-state index contributed by atoms with van der Waals surface area (Å²) in [5.41, 5.74) is 1.05. The zero-order valence-electron chi connectivity index (χ0n) is 14.9. The molecule has 3 rings (SSSR count). The van der Waals surface area contributed by atoms with Gasteiger partial charge in [0.2, 0.25) is 0 Å². The summed E-state index contributed by atoms with van der Waals surface area (Å²) < 4.78 is 25.1. The van der Waals surface area contributed by atoms with Gasteiger partial charge in [-0.05, 0) is 31.2 Å². The number of nitrogens with one attached hydrogen (secondary N) is 2. The lowest BCUT2D eigenvalue weighted by Crippen LogP contribution is -2.45. The summed E-state index contributed by atoms with van der Waals surface area (Å²) in [7, 11) is -0.923. The number of aliphatic imine (C=N–C) groups is 1. The summed E-state index contributed by atoms with van der Waals surface area (Å²) in [6.07, 6.45) is 8.69. The molecule has 7 nitrogen and oxygen atoms in total. The van der Waals surface area contributed by atoms with Gasteiger partial charge in [0.15, 0.2) is 15.8 Å². The van der Waals surface area contributed by atoms with Crippen LogP contribution >= 0.6 is 0 Å². The first-order chi connectivity index (χ1) is 12.0. The number of guanidine groups is 1. The number of sulfone groups is 1. The van der Waals surface area contributed by atoms with Gasteiger partial charge in [0, 0.05) is 25.8 Å². The van der Waals surface area contributed by atoms with Crippen LogP contribution < -0.4 is 10.6 Å². The molecule has 2 fully saturated rings. The van der Waals surface area contributed by atoms with Gasteiger partial charge in [-0.25, -0.2) is 13.4 Å². The van der Waals surface area contributed by atoms with Gasteiger partial charge in [0.1, 0.15) is 0 Å². The molecular formula is C17H29N5O2S. The van der Waals surface area contributed by atoms with E-state index < -0.39 is 9.84 Å². The second-order valence-electron chi connectivity index (χ2n) is 7.24. The maximum atomic E-state index is 11.6. The lowest BCUT2D eigenvalue weighted by molar-refractivity contribution is 0.408. The molecule has 1 aliphatic carbocycles. The van der Waals surface area contributed by atoms with E-state index in [0.717, 1.165) is 18.1 Å². The van der Waals surface area contributed by atoms with E-state index in [4.69, 9.17) is 4.99 Å². The summed E-state index contributed by atoms with van der Waals surface area (Å²) >= 11 is 0. The van der Waals surface area contributed by atoms with Crippen LogP contribution in [-0.2, 0) is 23.4 Å². The van der Waals surface area contributed by atoms with E-state index in [1.807, 2.05) is 17.8 Å². The van der Waals surface area contributed by atoms with Crippen LogP contribution in [0.3, 0.4) is 0 Å². The summed E-state index contributed by atoms with van der Waals surface area (Å²) in [4.78, 5) is 4.70. The Labute approximate surface area is 150 Å². The monoisotopic (exact) mass is 367 g/mol. The van der Waals surface area contributed by atoms with Gasteiger partial charge < -0.3 is 10.6 Å². The first kappa shape index (κ1) is 18.2. The third-order valence-electron chi connectivity index (χ3n) is 5.15. The van der Waals surface area contributed by atoms with E-state index >= 15 is 0 Å². The average molecular weight is 368 g/mol. The fourth-order valence-electron chi connectivity index (χ4n) is 3.58. The first-order valence-corrected chi connectivity index (χ1v) is 11.1. The molecule has 1 saturated carbocycles. The minimum absolute atomic E-state index is 0.181. The number of aryl methyl sites for hydroxylation is 1. The minimum atomic E-state index is -2.84. The van der Waals surface area contributed by atoms with E-state index in [1.54, 1.807) is 6.20 Å². The van der Waals surface area contributed by atoms with Gasteiger partial charge in [0.05, 0.1) is 23.7 Å². The lowest BCUT2D eigenvalue weighted by atomic mass is 9.96. The molecule has 0 aromatic carbocycles. The van der Waals surface area contributed by atoms with Crippen molar-refractivity contribution >= 4 is 15.8 Å². The van der Waals surface area contributed by atoms with Crippen LogP contribution in [0.4, 0.5) is 0 Å². The van der Waals surface area contributed by atoms with Crippen LogP contribution in [0.1, 0.15) is 44.2 Å². The van der Waals surface area contributed by atoms with E-state index in [0.29, 0.717) is 30.6 Å². The molecule has 0 spiro atoms. The molecule has 2 N–H and O–H groups in total. The van der Waals surface area contributed by atoms with Crippen LogP contribution in [0.5, 0.6) is 0 Å². The lowest BCUT2D eigenvalue weighted by Gasteiger charge is -2.25. The number of nitrogens with zero attached hydrogens (tertiary/aromatic N) is 3. The van der Waals surface area contributed by atoms with Gasteiger partial charge in [-0.15, -0.1) is 0 Å². The third-order valence-corrected chi connectivity index (χ3v) is 6.99. The number of aromatic nitrogens is 2. The molecule has 1 saturated heterocycles. The fraction of sp³-hybridized carbons (Fsp3) is 0.765. The molecule has 0 amide bonds. The molecule has 8 heteroatoms. The molecule has 1 aromatic heterocycles. The Hall–Kier alpha value is -1.57. The molecule has 1 aliphatic heterocycles. The summed E-state index contributed by atoms with van der Waals surface area (Å²) in [6.45, 7) is 1.21. The van der Waals surface area contributed by atoms with Crippen molar-refractivity contribution < 1.29 is 8.42 Å². The Bertz CT molecular complexity index is 692. The fourth-order valence-corrected chi connectivity index (χ4v) is 5.45. The predicted molar refractivity (Wildman–Crippen MR) is 99.1 cm³/mol. The molecule has 1 unspecified atom stereocenters. The molecular weight excluding hydrogens is 338 g/mol. The SMILES string of the molecule is Cn1nccc1CN=C(NCC1CCS(=O)(=O)C1)NC1CCCCC1. The highest BCUT2D eigenvalue weighted by Crippen LogP contribution is 2.18. The topological polar surface area (TPSA) is 88.4 Å². The van der Waals surface area contributed by atoms with Gasteiger partial charge in [-0.2, -0.15) is 5.10 Å². The minimum Gasteiger partial charge on any atom is -0.356 e. The first-order valence-electron chi connectivity index (χ1n) is 9.24. The van der Waals surface area contributed by atoms with Crippen LogP contribution in [0.15, 0.2) is 17.3 Å². The Morgan fingerprint density at radius 3 is 2.76 bits per heavy atom. The van der Waals surface area contributed by atoms with Gasteiger partial charge in [-0.3, -0.25) is 4.68 Å². The zero-order chi connectivity index (χ0) is 17.7. The quantitative estimate of drug-likeness (QED) is 0.603. The maximum Gasteiger partial charge on any atom is 0.191 e. The van der Waals surface area contributed by atoms with Crippen molar-refractivity contribution in [2.24, 2.45) is 18.0 Å². The standard InChI is InChI=1S/C17H29N5O2S/c1-22-16(7-9-20-22)12-19-17(21-15-5-3-2-4-6-15)18-11-14-8-10-25(23,24)13-14/h7,9,14-15H,2-6,8,10-13H2,1H3,(H2,18,19,21). The van der Waals surface area contributed by atoms with Crippen molar-refractivity contribution in [2.45, 2.75) is 51.1 Å². The van der Waals surface area contributed by atoms with Crippen molar-refractivity contribution in [1.82, 2.24) is 20.4 Å². The second-order valence-corrected chi connectivity index (χ2v) is 9.47. The van der Waals surface area contributed by atoms with Gasteiger partial charge >= 0.3 is 0 Å². The maximum absolute atomic E-state index is 11.6. The number of hydrogen-bond acceptors (Lipinski definition) is 4. The highest BCUT2D eigenvalue weighted by Gasteiger charge is 2.28. The predicted octanol–water partition coefficient (Wildman–Crippen LogP) is 1.22. The molecule has 1 aromatic rings. The van der Waals surface area contributed by atoms with Crippen LogP contribution in [0.25, 0.3) is 0 Å². The molecule has 1 atom stereocenters. The summed E-state index contributed by atoms with van der Waals surface area (Å²) in [5, 5.41) is 11.1. The van der Waals surface area contributed by atoms with E-state index in [-0.39, 0.29) is 5.92 Å². The second kappa shape index (κ2) is 8.21. The Morgan fingerprint density at radius 1 is 1.32 bits per heavy atom. The van der Waals surface area contributed by atoms with Crippen molar-refractivity contribution in [1.29, 1.82) is 0 Å². The van der Waals surface area contributed by atoms with Crippen LogP contribution in [-0.4, -0.2) is 48.3 Å². The largest absolute Gasteiger partial charge is 0.356 e. The van der Waals surface area contributed by atoms with Crippen molar-refractivity contribution in [3.05, 3.63) is 18.0 Å². The van der Waals surface area contributed by atoms with E-state index in [9.17, 15) is 8.42 Å². The number of rotatable bonds is 5.